The summed E-state index contributed by atoms with van der Waals surface area (Å²) in [6.45, 7) is 3.67. The van der Waals surface area contributed by atoms with Gasteiger partial charge in [-0.1, -0.05) is 17.4 Å². The van der Waals surface area contributed by atoms with Gasteiger partial charge in [0.15, 0.2) is 5.13 Å². The summed E-state index contributed by atoms with van der Waals surface area (Å²) in [7, 11) is 0. The number of thioether (sulfide) groups is 1. The van der Waals surface area contributed by atoms with Crippen LogP contribution < -0.4 is 5.73 Å². The smallest absolute Gasteiger partial charge is 0.181 e. The number of hydrogen-bond donors (Lipinski definition) is 1. The molecule has 0 aliphatic carbocycles. The Bertz CT molecular complexity index is 245. The molecule has 0 saturated carbocycles. The summed E-state index contributed by atoms with van der Waals surface area (Å²) in [5.41, 5.74) is 5.49. The molecule has 1 aromatic heterocycles. The SMILES string of the molecule is C=CCCCSc1cnc(N)s1. The lowest BCUT2D eigenvalue weighted by atomic mass is 10.3. The molecule has 0 aliphatic heterocycles. The molecular formula is C8H12N2S2. The van der Waals surface area contributed by atoms with E-state index in [4.69, 9.17) is 5.73 Å². The molecule has 4 heteroatoms. The molecule has 2 N–H and O–H groups in total. The van der Waals surface area contributed by atoms with Crippen molar-refractivity contribution < 1.29 is 0 Å². The van der Waals surface area contributed by atoms with E-state index < -0.39 is 0 Å². The summed E-state index contributed by atoms with van der Waals surface area (Å²) in [5.74, 6) is 1.12. The van der Waals surface area contributed by atoms with E-state index in [1.165, 1.54) is 10.6 Å². The Labute approximate surface area is 80.9 Å². The maximum Gasteiger partial charge on any atom is 0.181 e. The van der Waals surface area contributed by atoms with Crippen molar-refractivity contribution in [3.05, 3.63) is 18.9 Å². The van der Waals surface area contributed by atoms with E-state index in [-0.39, 0.29) is 0 Å². The normalized spacial score (nSPS) is 10.0. The van der Waals surface area contributed by atoms with Gasteiger partial charge in [0.05, 0.1) is 10.4 Å². The fourth-order valence-electron chi connectivity index (χ4n) is 0.739. The van der Waals surface area contributed by atoms with Gasteiger partial charge in [0.25, 0.3) is 0 Å². The molecule has 0 radical (unpaired) electrons. The molecule has 0 saturated heterocycles. The van der Waals surface area contributed by atoms with Crippen LogP contribution in [0.5, 0.6) is 0 Å². The zero-order chi connectivity index (χ0) is 8.81. The van der Waals surface area contributed by atoms with Gasteiger partial charge in [0.1, 0.15) is 0 Å². The Morgan fingerprint density at radius 2 is 2.58 bits per heavy atom. The molecule has 0 atom stereocenters. The van der Waals surface area contributed by atoms with E-state index in [1.807, 2.05) is 24.0 Å². The number of aromatic nitrogens is 1. The van der Waals surface area contributed by atoms with Gasteiger partial charge in [-0.15, -0.1) is 18.3 Å². The number of rotatable bonds is 5. The summed E-state index contributed by atoms with van der Waals surface area (Å²) < 4.78 is 1.21. The standard InChI is InChI=1S/C8H12N2S2/c1-2-3-4-5-11-7-6-10-8(9)12-7/h2,6H,1,3-5H2,(H2,9,10). The first kappa shape index (κ1) is 9.61. The van der Waals surface area contributed by atoms with E-state index in [9.17, 15) is 0 Å². The summed E-state index contributed by atoms with van der Waals surface area (Å²) in [6, 6.07) is 0. The molecule has 0 aliphatic rings. The van der Waals surface area contributed by atoms with Crippen LogP contribution >= 0.6 is 23.1 Å². The van der Waals surface area contributed by atoms with Gasteiger partial charge in [-0.05, 0) is 18.6 Å². The molecule has 1 rings (SSSR count). The second kappa shape index (κ2) is 5.22. The number of thiazole rings is 1. The summed E-state index contributed by atoms with van der Waals surface area (Å²) >= 11 is 3.36. The van der Waals surface area contributed by atoms with E-state index >= 15 is 0 Å². The maximum atomic E-state index is 5.49. The topological polar surface area (TPSA) is 38.9 Å². The van der Waals surface area contributed by atoms with Crippen LogP contribution in [0, 0.1) is 0 Å². The molecular weight excluding hydrogens is 188 g/mol. The summed E-state index contributed by atoms with van der Waals surface area (Å²) in [5, 5.41) is 0.654. The molecule has 1 aromatic rings. The number of nitrogens with two attached hydrogens (primary N) is 1. The molecule has 0 fully saturated rings. The maximum absolute atomic E-state index is 5.49. The molecule has 1 heterocycles. The van der Waals surface area contributed by atoms with Crippen molar-refractivity contribution in [1.82, 2.24) is 4.98 Å². The van der Waals surface area contributed by atoms with Crippen molar-refractivity contribution in [3.63, 3.8) is 0 Å². The summed E-state index contributed by atoms with van der Waals surface area (Å²) in [4.78, 5) is 3.97. The zero-order valence-corrected chi connectivity index (χ0v) is 8.46. The monoisotopic (exact) mass is 200 g/mol. The number of hydrogen-bond acceptors (Lipinski definition) is 4. The minimum Gasteiger partial charge on any atom is -0.375 e. The van der Waals surface area contributed by atoms with Crippen LogP contribution in [-0.4, -0.2) is 10.7 Å². The van der Waals surface area contributed by atoms with E-state index in [2.05, 4.69) is 11.6 Å². The minimum atomic E-state index is 0.654. The molecule has 12 heavy (non-hydrogen) atoms. The van der Waals surface area contributed by atoms with Crippen LogP contribution in [0.2, 0.25) is 0 Å². The Morgan fingerprint density at radius 3 is 3.17 bits per heavy atom. The average Bonchev–Trinajstić information content (AvgIpc) is 2.45. The van der Waals surface area contributed by atoms with Gasteiger partial charge in [0, 0.05) is 0 Å². The van der Waals surface area contributed by atoms with Gasteiger partial charge in [-0.2, -0.15) is 0 Å². The largest absolute Gasteiger partial charge is 0.375 e. The molecule has 0 spiro atoms. The Hall–Kier alpha value is -0.480. The predicted octanol–water partition coefficient (Wildman–Crippen LogP) is 2.78. The predicted molar refractivity (Wildman–Crippen MR) is 56.7 cm³/mol. The minimum absolute atomic E-state index is 0.654. The third kappa shape index (κ3) is 3.28. The first-order chi connectivity index (χ1) is 5.83. The van der Waals surface area contributed by atoms with E-state index in [0.717, 1.165) is 12.2 Å². The molecule has 2 nitrogen and oxygen atoms in total. The molecule has 0 amide bonds. The number of unbranched alkanes of at least 4 members (excludes halogenated alkanes) is 1. The summed E-state index contributed by atoms with van der Waals surface area (Å²) in [6.07, 6.45) is 6.04. The van der Waals surface area contributed by atoms with E-state index in [0.29, 0.717) is 5.13 Å². The first-order valence-electron chi connectivity index (χ1n) is 3.78. The lowest BCUT2D eigenvalue weighted by molar-refractivity contribution is 0.974. The average molecular weight is 200 g/mol. The molecule has 0 bridgehead atoms. The van der Waals surface area contributed by atoms with Crippen molar-refractivity contribution >= 4 is 28.2 Å². The molecule has 66 valence electrons. The number of nitrogens with zero attached hydrogens (tertiary/aromatic N) is 1. The van der Waals surface area contributed by atoms with Gasteiger partial charge < -0.3 is 5.73 Å². The Balaban J connectivity index is 2.19. The van der Waals surface area contributed by atoms with Gasteiger partial charge >= 0.3 is 0 Å². The van der Waals surface area contributed by atoms with Crippen molar-refractivity contribution in [2.75, 3.05) is 11.5 Å². The molecule has 0 aromatic carbocycles. The highest BCUT2D eigenvalue weighted by Gasteiger charge is 1.97. The van der Waals surface area contributed by atoms with Crippen molar-refractivity contribution in [2.45, 2.75) is 17.1 Å². The lowest BCUT2D eigenvalue weighted by Gasteiger charge is -1.93. The van der Waals surface area contributed by atoms with E-state index in [1.54, 1.807) is 11.3 Å². The van der Waals surface area contributed by atoms with Gasteiger partial charge in [-0.25, -0.2) is 4.98 Å². The number of allylic oxidation sites excluding steroid dienone is 1. The van der Waals surface area contributed by atoms with Crippen LogP contribution in [0.15, 0.2) is 23.1 Å². The lowest BCUT2D eigenvalue weighted by Crippen LogP contribution is -1.77. The van der Waals surface area contributed by atoms with Crippen LogP contribution in [0.3, 0.4) is 0 Å². The fraction of sp³-hybridized carbons (Fsp3) is 0.375. The van der Waals surface area contributed by atoms with Crippen molar-refractivity contribution in [1.29, 1.82) is 0 Å². The fourth-order valence-corrected chi connectivity index (χ4v) is 2.54. The van der Waals surface area contributed by atoms with Crippen LogP contribution in [0.25, 0.3) is 0 Å². The van der Waals surface area contributed by atoms with Gasteiger partial charge in [0.2, 0.25) is 0 Å². The second-order valence-electron chi connectivity index (χ2n) is 2.30. The first-order valence-corrected chi connectivity index (χ1v) is 5.58. The van der Waals surface area contributed by atoms with Crippen molar-refractivity contribution in [3.8, 4) is 0 Å². The number of nitrogen functional groups attached to an aromatic ring is 1. The van der Waals surface area contributed by atoms with Crippen molar-refractivity contribution in [2.24, 2.45) is 0 Å². The third-order valence-corrected chi connectivity index (χ3v) is 3.41. The highest BCUT2D eigenvalue weighted by Crippen LogP contribution is 2.26. The van der Waals surface area contributed by atoms with Crippen LogP contribution in [0.4, 0.5) is 5.13 Å². The second-order valence-corrected chi connectivity index (χ2v) is 4.75. The van der Waals surface area contributed by atoms with Gasteiger partial charge in [-0.3, -0.25) is 0 Å². The highest BCUT2D eigenvalue weighted by molar-refractivity contribution is 8.01. The Morgan fingerprint density at radius 1 is 1.75 bits per heavy atom. The highest BCUT2D eigenvalue weighted by atomic mass is 32.2. The third-order valence-electron chi connectivity index (χ3n) is 1.30. The number of anilines is 1. The molecule has 0 unspecified atom stereocenters. The quantitative estimate of drug-likeness (QED) is 0.451. The van der Waals surface area contributed by atoms with Crippen LogP contribution in [-0.2, 0) is 0 Å². The Kier molecular flexibility index (Phi) is 4.18. The zero-order valence-electron chi connectivity index (χ0n) is 6.82. The van der Waals surface area contributed by atoms with Crippen LogP contribution in [0.1, 0.15) is 12.8 Å².